The van der Waals surface area contributed by atoms with Gasteiger partial charge >= 0.3 is 0 Å². The van der Waals surface area contributed by atoms with E-state index < -0.39 is 12.5 Å². The third kappa shape index (κ3) is 4.19. The van der Waals surface area contributed by atoms with Gasteiger partial charge in [0.05, 0.1) is 19.2 Å². The van der Waals surface area contributed by atoms with E-state index in [2.05, 4.69) is 5.32 Å². The fourth-order valence-corrected chi connectivity index (χ4v) is 1.81. The van der Waals surface area contributed by atoms with Gasteiger partial charge in [0.2, 0.25) is 0 Å². The molecule has 108 valence electrons. The molecule has 4 nitrogen and oxygen atoms in total. The molecule has 0 aliphatic rings. The van der Waals surface area contributed by atoms with Crippen LogP contribution in [0.1, 0.15) is 5.56 Å². The van der Waals surface area contributed by atoms with Crippen molar-refractivity contribution >= 4 is 11.6 Å². The number of hydrogen-bond donors (Lipinski definition) is 2. The van der Waals surface area contributed by atoms with Gasteiger partial charge < -0.3 is 19.9 Å². The molecule has 0 aliphatic heterocycles. The second-order valence-electron chi connectivity index (χ2n) is 3.81. The van der Waals surface area contributed by atoms with Gasteiger partial charge in [-0.1, -0.05) is 17.7 Å². The Bertz CT molecular complexity index is 418. The highest BCUT2D eigenvalue weighted by Gasteiger charge is 2.17. The molecule has 0 bridgehead atoms. The van der Waals surface area contributed by atoms with Crippen LogP contribution in [0, 0.1) is 0 Å². The number of methoxy groups -OCH3 is 2. The molecule has 7 heteroatoms. The molecule has 19 heavy (non-hydrogen) atoms. The number of benzene rings is 1. The number of alkyl halides is 2. The number of hydrogen-bond acceptors (Lipinski definition) is 4. The number of ether oxygens (including phenoxy) is 2. The van der Waals surface area contributed by atoms with Crippen molar-refractivity contribution in [1.82, 2.24) is 5.32 Å². The summed E-state index contributed by atoms with van der Waals surface area (Å²) in [6, 6.07) is 3.37. The van der Waals surface area contributed by atoms with Crippen molar-refractivity contribution in [3.63, 3.8) is 0 Å². The molecular weight excluding hydrogens is 280 g/mol. The molecule has 0 radical (unpaired) electrons. The number of aliphatic hydroxyl groups is 1. The van der Waals surface area contributed by atoms with Crippen LogP contribution in [-0.2, 0) is 6.54 Å². The molecule has 0 aliphatic carbocycles. The highest BCUT2D eigenvalue weighted by atomic mass is 35.5. The second kappa shape index (κ2) is 7.47. The number of nitrogens with one attached hydrogen (secondary N) is 1. The Kier molecular flexibility index (Phi) is 6.27. The van der Waals surface area contributed by atoms with Crippen molar-refractivity contribution in [2.45, 2.75) is 19.1 Å². The third-order valence-electron chi connectivity index (χ3n) is 2.52. The number of rotatable bonds is 7. The Labute approximate surface area is 115 Å². The Balaban J connectivity index is 2.69. The molecule has 0 saturated carbocycles. The van der Waals surface area contributed by atoms with Crippen molar-refractivity contribution in [3.05, 3.63) is 22.7 Å². The van der Waals surface area contributed by atoms with E-state index in [0.717, 1.165) is 0 Å². The Morgan fingerprint density at radius 3 is 2.53 bits per heavy atom. The lowest BCUT2D eigenvalue weighted by molar-refractivity contribution is -0.00340. The maximum absolute atomic E-state index is 12.1. The summed E-state index contributed by atoms with van der Waals surface area (Å²) in [4.78, 5) is 0. The van der Waals surface area contributed by atoms with Crippen LogP contribution in [0.3, 0.4) is 0 Å². The van der Waals surface area contributed by atoms with Crippen LogP contribution in [0.15, 0.2) is 12.1 Å². The van der Waals surface area contributed by atoms with E-state index in [9.17, 15) is 8.78 Å². The molecule has 0 heterocycles. The molecule has 0 spiro atoms. The van der Waals surface area contributed by atoms with Gasteiger partial charge in [-0.2, -0.15) is 0 Å². The van der Waals surface area contributed by atoms with Gasteiger partial charge in [0.15, 0.2) is 11.5 Å². The Hall–Kier alpha value is -1.11. The summed E-state index contributed by atoms with van der Waals surface area (Å²) in [5.74, 6) is 0.877. The first kappa shape index (κ1) is 15.9. The molecule has 0 aromatic heterocycles. The first-order chi connectivity index (χ1) is 9.01. The van der Waals surface area contributed by atoms with Crippen LogP contribution < -0.4 is 14.8 Å². The molecule has 1 rings (SSSR count). The molecule has 1 aromatic rings. The minimum Gasteiger partial charge on any atom is -0.493 e. The molecule has 0 saturated heterocycles. The maximum atomic E-state index is 12.1. The van der Waals surface area contributed by atoms with Crippen molar-refractivity contribution in [3.8, 4) is 11.5 Å². The van der Waals surface area contributed by atoms with E-state index in [1.165, 1.54) is 14.2 Å². The predicted molar refractivity (Wildman–Crippen MR) is 68.3 cm³/mol. The molecule has 0 fully saturated rings. The van der Waals surface area contributed by atoms with E-state index in [-0.39, 0.29) is 13.1 Å². The average molecular weight is 296 g/mol. The predicted octanol–water partition coefficient (Wildman–Crippen LogP) is 2.07. The van der Waals surface area contributed by atoms with Crippen LogP contribution >= 0.6 is 11.6 Å². The van der Waals surface area contributed by atoms with E-state index in [1.54, 1.807) is 12.1 Å². The Morgan fingerprint density at radius 1 is 1.32 bits per heavy atom. The van der Waals surface area contributed by atoms with Gasteiger partial charge in [0.1, 0.15) is 6.10 Å². The van der Waals surface area contributed by atoms with E-state index in [1.807, 2.05) is 0 Å². The molecular formula is C12H16ClF2NO3. The zero-order valence-electron chi connectivity index (χ0n) is 10.6. The normalized spacial score (nSPS) is 12.6. The first-order valence-corrected chi connectivity index (χ1v) is 5.95. The fourth-order valence-electron chi connectivity index (χ4n) is 1.51. The highest BCUT2D eigenvalue weighted by Crippen LogP contribution is 2.37. The van der Waals surface area contributed by atoms with Crippen LogP contribution in [0.25, 0.3) is 0 Å². The number of halogens is 3. The summed E-state index contributed by atoms with van der Waals surface area (Å²) >= 11 is 6.12. The van der Waals surface area contributed by atoms with Crippen molar-refractivity contribution in [2.24, 2.45) is 0 Å². The number of aliphatic hydroxyl groups excluding tert-OH is 1. The summed E-state index contributed by atoms with van der Waals surface area (Å²) in [7, 11) is 2.95. The monoisotopic (exact) mass is 295 g/mol. The summed E-state index contributed by atoms with van der Waals surface area (Å²) < 4.78 is 34.4. The SMILES string of the molecule is COc1ccc(CNCC(O)C(F)F)c(Cl)c1OC. The third-order valence-corrected chi connectivity index (χ3v) is 2.94. The van der Waals surface area contributed by atoms with E-state index in [4.69, 9.17) is 26.2 Å². The maximum Gasteiger partial charge on any atom is 0.265 e. The quantitative estimate of drug-likeness (QED) is 0.808. The van der Waals surface area contributed by atoms with Crippen LogP contribution in [0.2, 0.25) is 5.02 Å². The largest absolute Gasteiger partial charge is 0.493 e. The van der Waals surface area contributed by atoms with Gasteiger partial charge in [0, 0.05) is 13.1 Å². The van der Waals surface area contributed by atoms with Gasteiger partial charge in [-0.3, -0.25) is 0 Å². The van der Waals surface area contributed by atoms with Crippen LogP contribution in [0.4, 0.5) is 8.78 Å². The summed E-state index contributed by atoms with van der Waals surface area (Å²) in [5, 5.41) is 12.0. The smallest absolute Gasteiger partial charge is 0.265 e. The topological polar surface area (TPSA) is 50.7 Å². The van der Waals surface area contributed by atoms with Gasteiger partial charge in [-0.05, 0) is 11.6 Å². The zero-order valence-corrected chi connectivity index (χ0v) is 11.4. The lowest BCUT2D eigenvalue weighted by Gasteiger charge is -2.14. The second-order valence-corrected chi connectivity index (χ2v) is 4.18. The molecule has 1 unspecified atom stereocenters. The highest BCUT2D eigenvalue weighted by molar-refractivity contribution is 6.33. The van der Waals surface area contributed by atoms with E-state index in [0.29, 0.717) is 22.1 Å². The minimum atomic E-state index is -2.77. The van der Waals surface area contributed by atoms with Crippen molar-refractivity contribution in [2.75, 3.05) is 20.8 Å². The average Bonchev–Trinajstić information content (AvgIpc) is 2.39. The van der Waals surface area contributed by atoms with Crippen LogP contribution in [-0.4, -0.2) is 38.4 Å². The van der Waals surface area contributed by atoms with Crippen molar-refractivity contribution < 1.29 is 23.4 Å². The van der Waals surface area contributed by atoms with Gasteiger partial charge in [-0.25, -0.2) is 8.78 Å². The molecule has 1 atom stereocenters. The minimum absolute atomic E-state index is 0.220. The lowest BCUT2D eigenvalue weighted by atomic mass is 10.2. The lowest BCUT2D eigenvalue weighted by Crippen LogP contribution is -2.31. The fraction of sp³-hybridized carbons (Fsp3) is 0.500. The van der Waals surface area contributed by atoms with Crippen LogP contribution in [0.5, 0.6) is 11.5 Å². The van der Waals surface area contributed by atoms with Gasteiger partial charge in [0.25, 0.3) is 6.43 Å². The summed E-state index contributed by atoms with van der Waals surface area (Å²) in [6.07, 6.45) is -4.47. The van der Waals surface area contributed by atoms with Gasteiger partial charge in [-0.15, -0.1) is 0 Å². The first-order valence-electron chi connectivity index (χ1n) is 5.57. The Morgan fingerprint density at radius 2 is 2.00 bits per heavy atom. The summed E-state index contributed by atoms with van der Waals surface area (Å²) in [5.41, 5.74) is 0.667. The van der Waals surface area contributed by atoms with E-state index >= 15 is 0 Å². The molecule has 2 N–H and O–H groups in total. The standard InChI is InChI=1S/C12H16ClF2NO3/c1-18-9-4-3-7(10(13)11(9)19-2)5-16-6-8(17)12(14)15/h3-4,8,12,16-17H,5-6H2,1-2H3. The zero-order chi connectivity index (χ0) is 14.4. The van der Waals surface area contributed by atoms with Crippen molar-refractivity contribution in [1.29, 1.82) is 0 Å². The molecule has 1 aromatic carbocycles. The summed E-state index contributed by atoms with van der Waals surface area (Å²) in [6.45, 7) is 0.0192. The molecule has 0 amide bonds.